The maximum Gasteiger partial charge on any atom is 0.281 e. The average molecular weight is 304 g/mol. The van der Waals surface area contributed by atoms with Gasteiger partial charge in [-0.05, 0) is 12.3 Å². The van der Waals surface area contributed by atoms with E-state index in [0.29, 0.717) is 10.2 Å². The highest BCUT2D eigenvalue weighted by Crippen LogP contribution is 2.29. The monoisotopic (exact) mass is 303 g/mol. The molecule has 0 aliphatic carbocycles. The molecule has 0 radical (unpaired) electrons. The Morgan fingerprint density at radius 3 is 2.75 bits per heavy atom. The van der Waals surface area contributed by atoms with Gasteiger partial charge < -0.3 is 0 Å². The van der Waals surface area contributed by atoms with Gasteiger partial charge in [-0.2, -0.15) is 0 Å². The number of carbonyl (C=O) groups excluding carboxylic acids is 1. The van der Waals surface area contributed by atoms with Crippen LogP contribution in [0, 0.1) is 10.1 Å². The summed E-state index contributed by atoms with van der Waals surface area (Å²) in [6.45, 7) is 0. The van der Waals surface area contributed by atoms with Gasteiger partial charge >= 0.3 is 0 Å². The predicted octanol–water partition coefficient (Wildman–Crippen LogP) is 3.28. The van der Waals surface area contributed by atoms with Gasteiger partial charge in [0.25, 0.3) is 5.69 Å². The zero-order valence-corrected chi connectivity index (χ0v) is 11.0. The number of rotatable bonds is 5. The van der Waals surface area contributed by atoms with Gasteiger partial charge in [0.1, 0.15) is 5.56 Å². The summed E-state index contributed by atoms with van der Waals surface area (Å²) in [6.07, 6.45) is 2.06. The maximum absolute atomic E-state index is 11.8. The van der Waals surface area contributed by atoms with Crippen molar-refractivity contribution in [3.05, 3.63) is 33.9 Å². The van der Waals surface area contributed by atoms with Crippen LogP contribution in [0.2, 0.25) is 0 Å². The molecule has 0 N–H and O–H groups in total. The van der Waals surface area contributed by atoms with E-state index < -0.39 is 4.92 Å². The highest BCUT2D eigenvalue weighted by molar-refractivity contribution is 9.09. The smallest absolute Gasteiger partial charge is 0.281 e. The topological polar surface area (TPSA) is 60.2 Å². The van der Waals surface area contributed by atoms with Crippen LogP contribution in [0.3, 0.4) is 0 Å². The summed E-state index contributed by atoms with van der Waals surface area (Å²) in [5.74, 6) is -0.200. The van der Waals surface area contributed by atoms with Crippen molar-refractivity contribution in [1.82, 2.24) is 0 Å². The lowest BCUT2D eigenvalue weighted by molar-refractivity contribution is -0.385. The highest BCUT2D eigenvalue weighted by Gasteiger charge is 2.22. The fraction of sp³-hybridized carbons (Fsp3) is 0.300. The van der Waals surface area contributed by atoms with Crippen LogP contribution >= 0.6 is 27.7 Å². The van der Waals surface area contributed by atoms with E-state index in [0.717, 1.165) is 0 Å². The quantitative estimate of drug-likeness (QED) is 0.275. The first-order valence-corrected chi connectivity index (χ1v) is 6.87. The largest absolute Gasteiger partial charge is 0.294 e. The number of hydrogen-bond acceptors (Lipinski definition) is 4. The molecule has 86 valence electrons. The van der Waals surface area contributed by atoms with Crippen LogP contribution < -0.4 is 0 Å². The first-order valence-electron chi connectivity index (χ1n) is 4.52. The molecule has 0 aromatic heterocycles. The number of halogens is 1. The number of thioether (sulfide) groups is 1. The molecule has 0 spiro atoms. The molecular weight excluding hydrogens is 294 g/mol. The van der Waals surface area contributed by atoms with Gasteiger partial charge in [0, 0.05) is 22.7 Å². The Labute approximate surface area is 106 Å². The van der Waals surface area contributed by atoms with E-state index >= 15 is 0 Å². The standard InChI is InChI=1S/C10H10BrNO3S/c1-16-9-4-2-3-7(12(14)15)10(9)8(13)5-6-11/h2-4H,5-6H2,1H3. The van der Waals surface area contributed by atoms with E-state index in [1.54, 1.807) is 18.4 Å². The summed E-state index contributed by atoms with van der Waals surface area (Å²) in [7, 11) is 0. The molecule has 1 aromatic rings. The molecule has 6 heteroatoms. The number of Topliss-reactive ketones (excluding diaryl/α,β-unsaturated/α-hetero) is 1. The minimum absolute atomic E-state index is 0.113. The van der Waals surface area contributed by atoms with Crippen molar-refractivity contribution in [3.63, 3.8) is 0 Å². The predicted molar refractivity (Wildman–Crippen MR) is 67.6 cm³/mol. The van der Waals surface area contributed by atoms with Crippen LogP contribution in [-0.4, -0.2) is 22.3 Å². The lowest BCUT2D eigenvalue weighted by atomic mass is 10.1. The molecule has 1 rings (SSSR count). The van der Waals surface area contributed by atoms with Crippen molar-refractivity contribution in [1.29, 1.82) is 0 Å². The van der Waals surface area contributed by atoms with Gasteiger partial charge in [-0.1, -0.05) is 22.0 Å². The number of hydrogen-bond donors (Lipinski definition) is 0. The summed E-state index contributed by atoms with van der Waals surface area (Å²) < 4.78 is 0. The normalized spacial score (nSPS) is 10.1. The number of nitro groups is 1. The van der Waals surface area contributed by atoms with Gasteiger partial charge in [0.15, 0.2) is 5.78 Å². The molecule has 0 saturated carbocycles. The van der Waals surface area contributed by atoms with Crippen LogP contribution in [-0.2, 0) is 0 Å². The first-order chi connectivity index (χ1) is 7.61. The zero-order valence-electron chi connectivity index (χ0n) is 8.60. The summed E-state index contributed by atoms with van der Waals surface area (Å²) in [5, 5.41) is 11.3. The molecule has 0 bridgehead atoms. The van der Waals surface area contributed by atoms with E-state index in [2.05, 4.69) is 15.9 Å². The first kappa shape index (κ1) is 13.2. The fourth-order valence-corrected chi connectivity index (χ4v) is 2.33. The van der Waals surface area contributed by atoms with Crippen LogP contribution in [0.5, 0.6) is 0 Å². The molecule has 1 aromatic carbocycles. The third kappa shape index (κ3) is 2.82. The molecule has 0 aliphatic rings. The second-order valence-corrected chi connectivity index (χ2v) is 4.61. The molecule has 0 heterocycles. The third-order valence-corrected chi connectivity index (χ3v) is 3.20. The number of alkyl halides is 1. The molecule has 0 fully saturated rings. The second kappa shape index (κ2) is 6.00. The van der Waals surface area contributed by atoms with E-state index in [-0.39, 0.29) is 23.5 Å². The van der Waals surface area contributed by atoms with E-state index in [1.807, 2.05) is 0 Å². The second-order valence-electron chi connectivity index (χ2n) is 2.97. The molecule has 0 aliphatic heterocycles. The van der Waals surface area contributed by atoms with Crippen LogP contribution in [0.25, 0.3) is 0 Å². The SMILES string of the molecule is CSc1cccc([N+](=O)[O-])c1C(=O)CCBr. The van der Waals surface area contributed by atoms with Gasteiger partial charge in [-0.3, -0.25) is 14.9 Å². The fourth-order valence-electron chi connectivity index (χ4n) is 1.33. The number of nitro benzene ring substituents is 1. The van der Waals surface area contributed by atoms with Crippen molar-refractivity contribution >= 4 is 39.2 Å². The maximum atomic E-state index is 11.8. The van der Waals surface area contributed by atoms with Crippen LogP contribution in [0.15, 0.2) is 23.1 Å². The highest BCUT2D eigenvalue weighted by atomic mass is 79.9. The van der Waals surface area contributed by atoms with E-state index in [9.17, 15) is 14.9 Å². The number of benzene rings is 1. The Kier molecular flexibility index (Phi) is 4.95. The Morgan fingerprint density at radius 2 is 2.25 bits per heavy atom. The van der Waals surface area contributed by atoms with Crippen molar-refractivity contribution in [2.75, 3.05) is 11.6 Å². The number of carbonyl (C=O) groups is 1. The minimum atomic E-state index is -0.513. The summed E-state index contributed by atoms with van der Waals surface area (Å²) in [4.78, 5) is 22.8. The molecule has 0 saturated heterocycles. The number of nitrogens with zero attached hydrogens (tertiary/aromatic N) is 1. The summed E-state index contributed by atoms with van der Waals surface area (Å²) in [6, 6.07) is 4.68. The molecule has 4 nitrogen and oxygen atoms in total. The van der Waals surface area contributed by atoms with Gasteiger partial charge in [-0.15, -0.1) is 11.8 Å². The molecule has 0 amide bonds. The molecule has 0 unspecified atom stereocenters. The van der Waals surface area contributed by atoms with Crippen molar-refractivity contribution in [2.24, 2.45) is 0 Å². The number of ketones is 1. The van der Waals surface area contributed by atoms with Crippen LogP contribution in [0.1, 0.15) is 16.8 Å². The third-order valence-electron chi connectivity index (χ3n) is 2.02. The van der Waals surface area contributed by atoms with Gasteiger partial charge in [0.2, 0.25) is 0 Å². The van der Waals surface area contributed by atoms with Crippen LogP contribution in [0.4, 0.5) is 5.69 Å². The van der Waals surface area contributed by atoms with Gasteiger partial charge in [-0.25, -0.2) is 0 Å². The lowest BCUT2D eigenvalue weighted by Gasteiger charge is -2.05. The van der Waals surface area contributed by atoms with Crippen molar-refractivity contribution < 1.29 is 9.72 Å². The Hall–Kier alpha value is -0.880. The summed E-state index contributed by atoms with van der Waals surface area (Å²) in [5.41, 5.74) is 0.109. The minimum Gasteiger partial charge on any atom is -0.294 e. The average Bonchev–Trinajstić information content (AvgIpc) is 2.28. The lowest BCUT2D eigenvalue weighted by Crippen LogP contribution is -2.06. The zero-order chi connectivity index (χ0) is 12.1. The molecule has 16 heavy (non-hydrogen) atoms. The van der Waals surface area contributed by atoms with E-state index in [1.165, 1.54) is 17.8 Å². The Bertz CT molecular complexity index is 423. The Balaban J connectivity index is 3.30. The van der Waals surface area contributed by atoms with Crippen molar-refractivity contribution in [3.8, 4) is 0 Å². The Morgan fingerprint density at radius 1 is 1.56 bits per heavy atom. The van der Waals surface area contributed by atoms with Gasteiger partial charge in [0.05, 0.1) is 4.92 Å². The molecule has 0 atom stereocenters. The molecular formula is C10H10BrNO3S. The van der Waals surface area contributed by atoms with Crippen molar-refractivity contribution in [2.45, 2.75) is 11.3 Å². The summed E-state index contributed by atoms with van der Waals surface area (Å²) >= 11 is 4.50. The van der Waals surface area contributed by atoms with E-state index in [4.69, 9.17) is 0 Å².